The van der Waals surface area contributed by atoms with Crippen molar-refractivity contribution in [3.8, 4) is 11.4 Å². The molecule has 0 aliphatic carbocycles. The van der Waals surface area contributed by atoms with Crippen LogP contribution in [-0.4, -0.2) is 30.2 Å². The Morgan fingerprint density at radius 1 is 1.28 bits per heavy atom. The van der Waals surface area contributed by atoms with Crippen LogP contribution in [0, 0.1) is 6.92 Å². The van der Waals surface area contributed by atoms with Crippen molar-refractivity contribution in [1.29, 1.82) is 0 Å². The van der Waals surface area contributed by atoms with E-state index in [0.717, 1.165) is 36.8 Å². The Morgan fingerprint density at radius 3 is 2.78 bits per heavy atom. The molecule has 18 heavy (non-hydrogen) atoms. The molecular weight excluding hydrogens is 226 g/mol. The predicted octanol–water partition coefficient (Wildman–Crippen LogP) is 2.12. The molecule has 0 radical (unpaired) electrons. The first kappa shape index (κ1) is 12.8. The van der Waals surface area contributed by atoms with Crippen LogP contribution >= 0.6 is 0 Å². The molecule has 0 saturated carbocycles. The lowest BCUT2D eigenvalue weighted by atomic mass is 10.1. The van der Waals surface area contributed by atoms with Crippen molar-refractivity contribution in [2.75, 3.05) is 20.3 Å². The molecule has 0 aliphatic heterocycles. The van der Waals surface area contributed by atoms with Gasteiger partial charge in [-0.05, 0) is 6.92 Å². The van der Waals surface area contributed by atoms with E-state index in [2.05, 4.69) is 46.5 Å². The topological polar surface area (TPSA) is 49.9 Å². The van der Waals surface area contributed by atoms with Gasteiger partial charge in [-0.1, -0.05) is 29.8 Å². The Labute approximate surface area is 107 Å². The lowest BCUT2D eigenvalue weighted by Gasteiger charge is -2.01. The van der Waals surface area contributed by atoms with E-state index in [-0.39, 0.29) is 0 Å². The van der Waals surface area contributed by atoms with Gasteiger partial charge in [-0.3, -0.25) is 0 Å². The number of benzene rings is 1. The van der Waals surface area contributed by atoms with Gasteiger partial charge in [0.2, 0.25) is 0 Å². The zero-order valence-corrected chi connectivity index (χ0v) is 10.9. The van der Waals surface area contributed by atoms with E-state index in [9.17, 15) is 0 Å². The van der Waals surface area contributed by atoms with Crippen LogP contribution in [0.15, 0.2) is 30.5 Å². The van der Waals surface area contributed by atoms with E-state index in [1.54, 1.807) is 7.11 Å². The Kier molecular flexibility index (Phi) is 4.50. The SMILES string of the molecule is COCCNCc1cnc(-c2ccc(C)cc2)[nH]1. The number of nitrogens with zero attached hydrogens (tertiary/aromatic N) is 1. The van der Waals surface area contributed by atoms with E-state index in [4.69, 9.17) is 4.74 Å². The number of rotatable bonds is 6. The highest BCUT2D eigenvalue weighted by Crippen LogP contribution is 2.16. The molecule has 2 rings (SSSR count). The van der Waals surface area contributed by atoms with Crippen molar-refractivity contribution in [3.63, 3.8) is 0 Å². The van der Waals surface area contributed by atoms with Crippen molar-refractivity contribution < 1.29 is 4.74 Å². The maximum atomic E-state index is 4.98. The van der Waals surface area contributed by atoms with E-state index < -0.39 is 0 Å². The number of methoxy groups -OCH3 is 1. The van der Waals surface area contributed by atoms with Crippen molar-refractivity contribution in [2.24, 2.45) is 0 Å². The Hall–Kier alpha value is -1.65. The molecule has 0 atom stereocenters. The number of aryl methyl sites for hydroxylation is 1. The number of ether oxygens (including phenoxy) is 1. The third kappa shape index (κ3) is 3.42. The first-order chi connectivity index (χ1) is 8.79. The fourth-order valence-electron chi connectivity index (χ4n) is 1.70. The van der Waals surface area contributed by atoms with Crippen LogP contribution in [0.1, 0.15) is 11.3 Å². The smallest absolute Gasteiger partial charge is 0.137 e. The first-order valence-corrected chi connectivity index (χ1v) is 6.10. The molecule has 4 heteroatoms. The molecule has 0 unspecified atom stereocenters. The minimum absolute atomic E-state index is 0.721. The highest BCUT2D eigenvalue weighted by Gasteiger charge is 2.02. The molecule has 0 bridgehead atoms. The summed E-state index contributed by atoms with van der Waals surface area (Å²) in [7, 11) is 1.70. The molecule has 0 spiro atoms. The largest absolute Gasteiger partial charge is 0.383 e. The van der Waals surface area contributed by atoms with Crippen LogP contribution in [0.4, 0.5) is 0 Å². The third-order valence-electron chi connectivity index (χ3n) is 2.75. The van der Waals surface area contributed by atoms with E-state index in [0.29, 0.717) is 0 Å². The summed E-state index contributed by atoms with van der Waals surface area (Å²) < 4.78 is 4.98. The highest BCUT2D eigenvalue weighted by molar-refractivity contribution is 5.55. The number of imidazole rings is 1. The van der Waals surface area contributed by atoms with Crippen molar-refractivity contribution >= 4 is 0 Å². The quantitative estimate of drug-likeness (QED) is 0.766. The van der Waals surface area contributed by atoms with Crippen molar-refractivity contribution in [3.05, 3.63) is 41.7 Å². The van der Waals surface area contributed by atoms with Gasteiger partial charge >= 0.3 is 0 Å². The molecule has 0 aliphatic rings. The molecule has 2 aromatic rings. The summed E-state index contributed by atoms with van der Waals surface area (Å²) in [6, 6.07) is 8.34. The Bertz CT molecular complexity index is 476. The zero-order chi connectivity index (χ0) is 12.8. The van der Waals surface area contributed by atoms with Crippen LogP contribution in [0.2, 0.25) is 0 Å². The molecular formula is C14H19N3O. The van der Waals surface area contributed by atoms with Gasteiger partial charge in [0.25, 0.3) is 0 Å². The zero-order valence-electron chi connectivity index (χ0n) is 10.9. The standard InChI is InChI=1S/C14H19N3O/c1-11-3-5-12(6-4-11)14-16-10-13(17-14)9-15-7-8-18-2/h3-6,10,15H,7-9H2,1-2H3,(H,16,17). The summed E-state index contributed by atoms with van der Waals surface area (Å²) in [5, 5.41) is 3.28. The third-order valence-corrected chi connectivity index (χ3v) is 2.75. The normalized spacial score (nSPS) is 10.8. The summed E-state index contributed by atoms with van der Waals surface area (Å²) in [5.41, 5.74) is 3.46. The van der Waals surface area contributed by atoms with Gasteiger partial charge in [-0.25, -0.2) is 4.98 Å². The van der Waals surface area contributed by atoms with Gasteiger partial charge in [0.05, 0.1) is 6.61 Å². The van der Waals surface area contributed by atoms with E-state index >= 15 is 0 Å². The van der Waals surface area contributed by atoms with Crippen LogP contribution in [-0.2, 0) is 11.3 Å². The van der Waals surface area contributed by atoms with Crippen LogP contribution < -0.4 is 5.32 Å². The summed E-state index contributed by atoms with van der Waals surface area (Å²) in [5.74, 6) is 0.915. The van der Waals surface area contributed by atoms with Gasteiger partial charge in [0.1, 0.15) is 5.82 Å². The lowest BCUT2D eigenvalue weighted by Crippen LogP contribution is -2.18. The lowest BCUT2D eigenvalue weighted by molar-refractivity contribution is 0.199. The number of aromatic nitrogens is 2. The van der Waals surface area contributed by atoms with E-state index in [1.807, 2.05) is 6.20 Å². The Balaban J connectivity index is 1.95. The number of hydrogen-bond acceptors (Lipinski definition) is 3. The molecule has 1 aromatic heterocycles. The van der Waals surface area contributed by atoms with Gasteiger partial charge in [0, 0.05) is 37.7 Å². The highest BCUT2D eigenvalue weighted by atomic mass is 16.5. The summed E-state index contributed by atoms with van der Waals surface area (Å²) >= 11 is 0. The molecule has 2 N–H and O–H groups in total. The fraction of sp³-hybridized carbons (Fsp3) is 0.357. The minimum Gasteiger partial charge on any atom is -0.383 e. The van der Waals surface area contributed by atoms with Crippen LogP contribution in [0.25, 0.3) is 11.4 Å². The minimum atomic E-state index is 0.721. The fourth-order valence-corrected chi connectivity index (χ4v) is 1.70. The van der Waals surface area contributed by atoms with Gasteiger partial charge in [-0.15, -0.1) is 0 Å². The molecule has 1 aromatic carbocycles. The summed E-state index contributed by atoms with van der Waals surface area (Å²) in [6.45, 7) is 4.42. The Morgan fingerprint density at radius 2 is 2.06 bits per heavy atom. The van der Waals surface area contributed by atoms with Crippen LogP contribution in [0.5, 0.6) is 0 Å². The first-order valence-electron chi connectivity index (χ1n) is 6.10. The predicted molar refractivity (Wildman–Crippen MR) is 72.3 cm³/mol. The monoisotopic (exact) mass is 245 g/mol. The maximum Gasteiger partial charge on any atom is 0.137 e. The molecule has 4 nitrogen and oxygen atoms in total. The summed E-state index contributed by atoms with van der Waals surface area (Å²) in [6.07, 6.45) is 1.87. The number of hydrogen-bond donors (Lipinski definition) is 2. The number of H-pyrrole nitrogens is 1. The second-order valence-electron chi connectivity index (χ2n) is 4.29. The number of aromatic amines is 1. The molecule has 96 valence electrons. The second kappa shape index (κ2) is 6.33. The molecule has 0 saturated heterocycles. The van der Waals surface area contributed by atoms with Gasteiger partial charge < -0.3 is 15.0 Å². The van der Waals surface area contributed by atoms with Gasteiger partial charge in [-0.2, -0.15) is 0 Å². The van der Waals surface area contributed by atoms with Crippen molar-refractivity contribution in [2.45, 2.75) is 13.5 Å². The average Bonchev–Trinajstić information content (AvgIpc) is 2.84. The van der Waals surface area contributed by atoms with Crippen LogP contribution in [0.3, 0.4) is 0 Å². The molecule has 0 fully saturated rings. The second-order valence-corrected chi connectivity index (χ2v) is 4.29. The number of nitrogens with one attached hydrogen (secondary N) is 2. The molecule has 0 amide bonds. The summed E-state index contributed by atoms with van der Waals surface area (Å²) in [4.78, 5) is 7.70. The van der Waals surface area contributed by atoms with Crippen molar-refractivity contribution in [1.82, 2.24) is 15.3 Å². The van der Waals surface area contributed by atoms with E-state index in [1.165, 1.54) is 5.56 Å². The average molecular weight is 245 g/mol. The van der Waals surface area contributed by atoms with Gasteiger partial charge in [0.15, 0.2) is 0 Å². The maximum absolute atomic E-state index is 4.98. The molecule has 1 heterocycles.